The van der Waals surface area contributed by atoms with Crippen molar-refractivity contribution in [3.05, 3.63) is 23.7 Å². The molecule has 20 heavy (non-hydrogen) atoms. The highest BCUT2D eigenvalue weighted by molar-refractivity contribution is 5.78. The molecule has 1 spiro atoms. The minimum atomic E-state index is -0.177. The molecule has 0 unspecified atom stereocenters. The molecule has 0 aromatic carbocycles. The summed E-state index contributed by atoms with van der Waals surface area (Å²) in [6.45, 7) is 7.00. The van der Waals surface area contributed by atoms with E-state index in [2.05, 4.69) is 10.2 Å². The van der Waals surface area contributed by atoms with Crippen LogP contribution in [0.5, 0.6) is 0 Å². The topological polar surface area (TPSA) is 54.7 Å². The summed E-state index contributed by atoms with van der Waals surface area (Å²) in [5.74, 6) is 1.97. The van der Waals surface area contributed by atoms with Crippen LogP contribution in [0.3, 0.4) is 0 Å². The summed E-state index contributed by atoms with van der Waals surface area (Å²) in [7, 11) is 0. The lowest BCUT2D eigenvalue weighted by atomic mass is 9.83. The van der Waals surface area contributed by atoms with E-state index in [0.29, 0.717) is 0 Å². The Morgan fingerprint density at radius 3 is 2.75 bits per heavy atom. The van der Waals surface area contributed by atoms with Gasteiger partial charge in [-0.25, -0.2) is 0 Å². The lowest BCUT2D eigenvalue weighted by molar-refractivity contribution is -0.159. The Labute approximate surface area is 119 Å². The lowest BCUT2D eigenvalue weighted by Crippen LogP contribution is -2.62. The van der Waals surface area contributed by atoms with Crippen molar-refractivity contribution in [2.45, 2.75) is 44.9 Å². The number of likely N-dealkylation sites (tertiary alicyclic amines) is 1. The summed E-state index contributed by atoms with van der Waals surface area (Å²) in [6, 6.07) is 4.14. The number of hydrogen-bond donors (Lipinski definition) is 1. The molecule has 2 aliphatic heterocycles. The standard InChI is InChI=1S/C15H22N2O3/c1-11-3-4-13(20-11)9-17-7-5-15(6-8-17)12(2)16-14(18)10-19-15/h3-4,12H,5-10H2,1-2H3,(H,16,18)/t12-/m1/s1. The van der Waals surface area contributed by atoms with Crippen molar-refractivity contribution in [1.82, 2.24) is 10.2 Å². The van der Waals surface area contributed by atoms with Gasteiger partial charge in [0.15, 0.2) is 0 Å². The van der Waals surface area contributed by atoms with Gasteiger partial charge in [-0.1, -0.05) is 0 Å². The summed E-state index contributed by atoms with van der Waals surface area (Å²) in [5.41, 5.74) is -0.177. The van der Waals surface area contributed by atoms with Crippen LogP contribution in [0.25, 0.3) is 0 Å². The highest BCUT2D eigenvalue weighted by Crippen LogP contribution is 2.32. The van der Waals surface area contributed by atoms with Crippen molar-refractivity contribution in [3.8, 4) is 0 Å². The number of morpholine rings is 1. The Morgan fingerprint density at radius 1 is 1.40 bits per heavy atom. The maximum atomic E-state index is 11.3. The van der Waals surface area contributed by atoms with E-state index in [1.807, 2.05) is 26.0 Å². The van der Waals surface area contributed by atoms with Gasteiger partial charge in [0.05, 0.1) is 18.2 Å². The highest BCUT2D eigenvalue weighted by atomic mass is 16.5. The van der Waals surface area contributed by atoms with Crippen LogP contribution >= 0.6 is 0 Å². The average molecular weight is 278 g/mol. The van der Waals surface area contributed by atoms with E-state index >= 15 is 0 Å². The first-order chi connectivity index (χ1) is 9.57. The van der Waals surface area contributed by atoms with Crippen molar-refractivity contribution in [3.63, 3.8) is 0 Å². The molecule has 3 rings (SSSR count). The molecule has 2 saturated heterocycles. The number of hydrogen-bond acceptors (Lipinski definition) is 4. The van der Waals surface area contributed by atoms with Crippen LogP contribution in [0, 0.1) is 6.92 Å². The number of rotatable bonds is 2. The molecule has 2 aliphatic rings. The van der Waals surface area contributed by atoms with Crippen molar-refractivity contribution >= 4 is 5.91 Å². The number of amides is 1. The zero-order chi connectivity index (χ0) is 14.2. The molecule has 1 aromatic rings. The molecule has 110 valence electrons. The molecule has 0 saturated carbocycles. The fourth-order valence-electron chi connectivity index (χ4n) is 3.21. The van der Waals surface area contributed by atoms with Gasteiger partial charge in [-0.05, 0) is 38.8 Å². The third-order valence-electron chi connectivity index (χ3n) is 4.54. The van der Waals surface area contributed by atoms with Gasteiger partial charge in [-0.3, -0.25) is 9.69 Å². The van der Waals surface area contributed by atoms with Gasteiger partial charge in [0, 0.05) is 13.1 Å². The van der Waals surface area contributed by atoms with Crippen LogP contribution < -0.4 is 5.32 Å². The second-order valence-corrected chi connectivity index (χ2v) is 5.93. The van der Waals surface area contributed by atoms with E-state index in [4.69, 9.17) is 9.15 Å². The molecular weight excluding hydrogens is 256 g/mol. The fraction of sp³-hybridized carbons (Fsp3) is 0.667. The van der Waals surface area contributed by atoms with Crippen LogP contribution in [-0.4, -0.2) is 42.1 Å². The lowest BCUT2D eigenvalue weighted by Gasteiger charge is -2.47. The number of carbonyl (C=O) groups is 1. The van der Waals surface area contributed by atoms with Gasteiger partial charge >= 0.3 is 0 Å². The Kier molecular flexibility index (Phi) is 3.56. The van der Waals surface area contributed by atoms with E-state index in [-0.39, 0.29) is 24.2 Å². The van der Waals surface area contributed by atoms with E-state index in [0.717, 1.165) is 44.0 Å². The summed E-state index contributed by atoms with van der Waals surface area (Å²) in [6.07, 6.45) is 1.91. The molecule has 1 atom stereocenters. The number of piperidine rings is 1. The summed E-state index contributed by atoms with van der Waals surface area (Å²) in [5, 5.41) is 3.01. The third-order valence-corrected chi connectivity index (χ3v) is 4.54. The monoisotopic (exact) mass is 278 g/mol. The van der Waals surface area contributed by atoms with Gasteiger partial charge in [0.2, 0.25) is 5.91 Å². The van der Waals surface area contributed by atoms with E-state index in [1.165, 1.54) is 0 Å². The molecule has 1 amide bonds. The quantitative estimate of drug-likeness (QED) is 0.890. The van der Waals surface area contributed by atoms with E-state index < -0.39 is 0 Å². The summed E-state index contributed by atoms with van der Waals surface area (Å²) >= 11 is 0. The predicted octanol–water partition coefficient (Wildman–Crippen LogP) is 1.46. The second-order valence-electron chi connectivity index (χ2n) is 5.93. The Bertz CT molecular complexity index is 489. The number of ether oxygens (including phenoxy) is 1. The number of furan rings is 1. The maximum absolute atomic E-state index is 11.3. The van der Waals surface area contributed by atoms with E-state index in [9.17, 15) is 4.79 Å². The minimum Gasteiger partial charge on any atom is -0.465 e. The number of nitrogens with zero attached hydrogens (tertiary/aromatic N) is 1. The number of carbonyl (C=O) groups excluding carboxylic acids is 1. The Hall–Kier alpha value is -1.33. The Balaban J connectivity index is 1.57. The smallest absolute Gasteiger partial charge is 0.246 e. The maximum Gasteiger partial charge on any atom is 0.246 e. The molecule has 5 nitrogen and oxygen atoms in total. The molecule has 0 bridgehead atoms. The normalized spacial score (nSPS) is 26.7. The second kappa shape index (κ2) is 5.22. The van der Waals surface area contributed by atoms with Crippen LogP contribution in [0.4, 0.5) is 0 Å². The van der Waals surface area contributed by atoms with Gasteiger partial charge < -0.3 is 14.5 Å². The van der Waals surface area contributed by atoms with Crippen LogP contribution in [0.1, 0.15) is 31.3 Å². The third kappa shape index (κ3) is 2.60. The number of aryl methyl sites for hydroxylation is 1. The first-order valence-electron chi connectivity index (χ1n) is 7.28. The van der Waals surface area contributed by atoms with Gasteiger partial charge in [-0.15, -0.1) is 0 Å². The molecule has 1 N–H and O–H groups in total. The summed E-state index contributed by atoms with van der Waals surface area (Å²) < 4.78 is 11.5. The zero-order valence-corrected chi connectivity index (χ0v) is 12.1. The molecular formula is C15H22N2O3. The van der Waals surface area contributed by atoms with Crippen LogP contribution in [0.15, 0.2) is 16.5 Å². The van der Waals surface area contributed by atoms with Crippen molar-refractivity contribution in [1.29, 1.82) is 0 Å². The molecule has 0 aliphatic carbocycles. The van der Waals surface area contributed by atoms with E-state index in [1.54, 1.807) is 0 Å². The molecule has 3 heterocycles. The SMILES string of the molecule is Cc1ccc(CN2CCC3(CC2)OCC(=O)N[C@@H]3C)o1. The average Bonchev–Trinajstić information content (AvgIpc) is 2.82. The first-order valence-corrected chi connectivity index (χ1v) is 7.28. The predicted molar refractivity (Wildman–Crippen MR) is 74.2 cm³/mol. The van der Waals surface area contributed by atoms with Gasteiger partial charge in [0.25, 0.3) is 0 Å². The largest absolute Gasteiger partial charge is 0.465 e. The molecule has 0 radical (unpaired) electrons. The zero-order valence-electron chi connectivity index (χ0n) is 12.1. The van der Waals surface area contributed by atoms with Crippen molar-refractivity contribution in [2.24, 2.45) is 0 Å². The van der Waals surface area contributed by atoms with Gasteiger partial charge in [0.1, 0.15) is 18.1 Å². The van der Waals surface area contributed by atoms with Crippen molar-refractivity contribution in [2.75, 3.05) is 19.7 Å². The Morgan fingerprint density at radius 2 is 2.15 bits per heavy atom. The fourth-order valence-corrected chi connectivity index (χ4v) is 3.21. The highest BCUT2D eigenvalue weighted by Gasteiger charge is 2.44. The summed E-state index contributed by atoms with van der Waals surface area (Å²) in [4.78, 5) is 13.7. The molecule has 1 aromatic heterocycles. The van der Waals surface area contributed by atoms with Crippen molar-refractivity contribution < 1.29 is 13.9 Å². The van der Waals surface area contributed by atoms with Crippen LogP contribution in [-0.2, 0) is 16.1 Å². The van der Waals surface area contributed by atoms with Crippen LogP contribution in [0.2, 0.25) is 0 Å². The first kappa shape index (κ1) is 13.6. The molecule has 5 heteroatoms. The van der Waals surface area contributed by atoms with Gasteiger partial charge in [-0.2, -0.15) is 0 Å². The number of nitrogens with one attached hydrogen (secondary N) is 1. The molecule has 2 fully saturated rings. The minimum absolute atomic E-state index is 0.00313.